The van der Waals surface area contributed by atoms with Gasteiger partial charge in [-0.3, -0.25) is 4.21 Å². The number of para-hydroxylation sites is 1. The summed E-state index contributed by atoms with van der Waals surface area (Å²) in [6, 6.07) is 12.9. The van der Waals surface area contributed by atoms with E-state index in [0.717, 1.165) is 11.3 Å². The number of hydrogen-bond donors (Lipinski definition) is 2. The van der Waals surface area contributed by atoms with Crippen molar-refractivity contribution in [2.24, 2.45) is 0 Å². The van der Waals surface area contributed by atoms with Gasteiger partial charge >= 0.3 is 6.03 Å². The number of urea groups is 1. The fraction of sp³-hybridized carbons (Fsp3) is 0.188. The van der Waals surface area contributed by atoms with Crippen molar-refractivity contribution in [3.63, 3.8) is 0 Å². The lowest BCUT2D eigenvalue weighted by atomic mass is 10.1. The molecule has 6 nitrogen and oxygen atoms in total. The van der Waals surface area contributed by atoms with Crippen LogP contribution in [-0.2, 0) is 11.1 Å². The molecule has 0 bridgehead atoms. The zero-order valence-electron chi connectivity index (χ0n) is 12.3. The predicted octanol–water partition coefficient (Wildman–Crippen LogP) is 2.57. The zero-order chi connectivity index (χ0) is 16.4. The van der Waals surface area contributed by atoms with Crippen LogP contribution >= 0.6 is 0 Å². The number of anilines is 1. The molecule has 0 saturated heterocycles. The zero-order valence-corrected chi connectivity index (χ0v) is 13.1. The van der Waals surface area contributed by atoms with Gasteiger partial charge in [0.1, 0.15) is 11.9 Å². The molecule has 0 fully saturated rings. The lowest BCUT2D eigenvalue weighted by Crippen LogP contribution is -2.36. The van der Waals surface area contributed by atoms with Gasteiger partial charge in [-0.1, -0.05) is 18.2 Å². The number of nitrogens with one attached hydrogen (secondary N) is 2. The number of ether oxygens (including phenoxy) is 1. The molecule has 2 amide bonds. The molecule has 0 spiro atoms. The quantitative estimate of drug-likeness (QED) is 0.846. The second-order valence-electron chi connectivity index (χ2n) is 5.20. The molecule has 23 heavy (non-hydrogen) atoms. The highest BCUT2D eigenvalue weighted by atomic mass is 32.2. The van der Waals surface area contributed by atoms with Gasteiger partial charge in [-0.25, -0.2) is 4.79 Å². The molecule has 0 radical (unpaired) electrons. The van der Waals surface area contributed by atoms with Crippen LogP contribution in [0.1, 0.15) is 18.5 Å². The summed E-state index contributed by atoms with van der Waals surface area (Å²) in [5, 5.41) is 5.55. The topological polar surface area (TPSA) is 90.5 Å². The molecule has 2 aromatic rings. The standard InChI is InChI=1S/C16H16N2O4S/c1-10-15(13-4-2-3-5-14(13)22-10)18-16(19)17-11-6-8-12(9-7-11)23(20)21/h2-10,15H,1H3,(H,20,21)(H2,17,18,19)/p-1. The van der Waals surface area contributed by atoms with Crippen molar-refractivity contribution in [3.8, 4) is 5.75 Å². The average Bonchev–Trinajstić information content (AvgIpc) is 2.84. The van der Waals surface area contributed by atoms with Gasteiger partial charge in [0, 0.05) is 16.1 Å². The number of amides is 2. The average molecular weight is 331 g/mol. The number of benzene rings is 2. The van der Waals surface area contributed by atoms with Crippen LogP contribution in [0, 0.1) is 0 Å². The first kappa shape index (κ1) is 15.5. The van der Waals surface area contributed by atoms with E-state index in [4.69, 9.17) is 4.74 Å². The first-order valence-corrected chi connectivity index (χ1v) is 8.14. The Hall–Kier alpha value is -2.38. The Bertz CT molecular complexity index is 748. The Morgan fingerprint density at radius 3 is 2.57 bits per heavy atom. The summed E-state index contributed by atoms with van der Waals surface area (Å²) in [5.74, 6) is 0.771. The molecule has 3 rings (SSSR count). The van der Waals surface area contributed by atoms with Crippen LogP contribution in [0.4, 0.5) is 10.5 Å². The van der Waals surface area contributed by atoms with E-state index in [-0.39, 0.29) is 23.1 Å². The van der Waals surface area contributed by atoms with Gasteiger partial charge in [-0.2, -0.15) is 0 Å². The van der Waals surface area contributed by atoms with E-state index in [2.05, 4.69) is 10.6 Å². The van der Waals surface area contributed by atoms with Crippen molar-refractivity contribution in [3.05, 3.63) is 54.1 Å². The number of carbonyl (C=O) groups excluding carboxylic acids is 1. The second kappa shape index (κ2) is 6.39. The highest BCUT2D eigenvalue weighted by Gasteiger charge is 2.31. The molecule has 0 saturated carbocycles. The predicted molar refractivity (Wildman–Crippen MR) is 85.1 cm³/mol. The first-order chi connectivity index (χ1) is 11.0. The van der Waals surface area contributed by atoms with E-state index in [9.17, 15) is 13.6 Å². The van der Waals surface area contributed by atoms with Crippen LogP contribution in [0.5, 0.6) is 5.75 Å². The maximum Gasteiger partial charge on any atom is 0.319 e. The molecule has 120 valence electrons. The second-order valence-corrected chi connectivity index (χ2v) is 6.14. The maximum atomic E-state index is 12.1. The fourth-order valence-corrected chi connectivity index (χ4v) is 2.88. The summed E-state index contributed by atoms with van der Waals surface area (Å²) in [5.41, 5.74) is 1.45. The van der Waals surface area contributed by atoms with Crippen LogP contribution < -0.4 is 15.4 Å². The first-order valence-electron chi connectivity index (χ1n) is 7.07. The van der Waals surface area contributed by atoms with E-state index < -0.39 is 11.1 Å². The molecular formula is C16H15N2O4S-. The normalized spacial score (nSPS) is 20.3. The molecule has 7 heteroatoms. The van der Waals surface area contributed by atoms with Gasteiger partial charge < -0.3 is 19.9 Å². The van der Waals surface area contributed by atoms with E-state index in [1.165, 1.54) is 24.3 Å². The monoisotopic (exact) mass is 331 g/mol. The lowest BCUT2D eigenvalue weighted by molar-refractivity contribution is 0.204. The van der Waals surface area contributed by atoms with Crippen LogP contribution in [0.15, 0.2) is 53.4 Å². The molecular weight excluding hydrogens is 316 g/mol. The Balaban J connectivity index is 1.67. The largest absolute Gasteiger partial charge is 0.768 e. The molecule has 3 unspecified atom stereocenters. The molecule has 0 aliphatic carbocycles. The van der Waals surface area contributed by atoms with Crippen LogP contribution in [0.25, 0.3) is 0 Å². The summed E-state index contributed by atoms with van der Waals surface area (Å²) in [4.78, 5) is 12.3. The molecule has 2 N–H and O–H groups in total. The highest BCUT2D eigenvalue weighted by Crippen LogP contribution is 2.36. The third-order valence-corrected chi connectivity index (χ3v) is 4.28. The van der Waals surface area contributed by atoms with E-state index in [1.54, 1.807) is 0 Å². The van der Waals surface area contributed by atoms with Gasteiger partial charge in [-0.15, -0.1) is 0 Å². The van der Waals surface area contributed by atoms with E-state index in [0.29, 0.717) is 5.69 Å². The minimum Gasteiger partial charge on any atom is -0.768 e. The van der Waals surface area contributed by atoms with Gasteiger partial charge in [0.05, 0.1) is 6.04 Å². The molecule has 3 atom stereocenters. The summed E-state index contributed by atoms with van der Waals surface area (Å²) >= 11 is -2.28. The van der Waals surface area contributed by atoms with Gasteiger partial charge in [0.25, 0.3) is 0 Å². The van der Waals surface area contributed by atoms with Gasteiger partial charge in [-0.05, 0) is 48.3 Å². The van der Waals surface area contributed by atoms with Crippen molar-refractivity contribution >= 4 is 22.8 Å². The minimum atomic E-state index is -2.28. The molecule has 2 aromatic carbocycles. The molecule has 1 aliphatic rings. The minimum absolute atomic E-state index is 0.164. The SMILES string of the molecule is CC1Oc2ccccc2C1NC(=O)Nc1ccc(S(=O)[O-])cc1. The Labute approximate surface area is 136 Å². The molecule has 1 aliphatic heterocycles. The van der Waals surface area contributed by atoms with Crippen LogP contribution in [0.2, 0.25) is 0 Å². The number of carbonyl (C=O) groups is 1. The van der Waals surface area contributed by atoms with Crippen molar-refractivity contribution in [1.29, 1.82) is 0 Å². The summed E-state index contributed by atoms with van der Waals surface area (Å²) < 4.78 is 27.3. The van der Waals surface area contributed by atoms with E-state index >= 15 is 0 Å². The van der Waals surface area contributed by atoms with Crippen LogP contribution in [-0.4, -0.2) is 20.9 Å². The Morgan fingerprint density at radius 1 is 1.17 bits per heavy atom. The molecule has 1 heterocycles. The highest BCUT2D eigenvalue weighted by molar-refractivity contribution is 7.79. The van der Waals surface area contributed by atoms with Crippen molar-refractivity contribution < 1.29 is 18.3 Å². The number of rotatable bonds is 3. The van der Waals surface area contributed by atoms with Crippen molar-refractivity contribution in [1.82, 2.24) is 5.32 Å². The smallest absolute Gasteiger partial charge is 0.319 e. The van der Waals surface area contributed by atoms with Crippen molar-refractivity contribution in [2.75, 3.05) is 5.32 Å². The maximum absolute atomic E-state index is 12.1. The van der Waals surface area contributed by atoms with Crippen molar-refractivity contribution in [2.45, 2.75) is 24.0 Å². The number of fused-ring (bicyclic) bond motifs is 1. The summed E-state index contributed by atoms with van der Waals surface area (Å²) in [6.45, 7) is 1.89. The lowest BCUT2D eigenvalue weighted by Gasteiger charge is -2.17. The molecule has 0 aromatic heterocycles. The third-order valence-electron chi connectivity index (χ3n) is 3.63. The Kier molecular flexibility index (Phi) is 4.31. The third kappa shape index (κ3) is 3.35. The van der Waals surface area contributed by atoms with Gasteiger partial charge in [0.2, 0.25) is 0 Å². The van der Waals surface area contributed by atoms with Crippen LogP contribution in [0.3, 0.4) is 0 Å². The summed E-state index contributed by atoms with van der Waals surface area (Å²) in [7, 11) is 0. The summed E-state index contributed by atoms with van der Waals surface area (Å²) in [6.07, 6.45) is -0.164. The van der Waals surface area contributed by atoms with Gasteiger partial charge in [0.15, 0.2) is 0 Å². The Morgan fingerprint density at radius 2 is 1.87 bits per heavy atom. The van der Waals surface area contributed by atoms with E-state index in [1.807, 2.05) is 31.2 Å². The number of hydrogen-bond acceptors (Lipinski definition) is 4. The fourth-order valence-electron chi connectivity index (χ4n) is 2.52.